The molecular formula is C5H12Cl2N5O2P. The van der Waals surface area contributed by atoms with Gasteiger partial charge in [-0.15, -0.1) is 0 Å². The lowest BCUT2D eigenvalue weighted by Gasteiger charge is -2.39. The molecule has 0 amide bonds. The van der Waals surface area contributed by atoms with E-state index in [4.69, 9.17) is 32.5 Å². The summed E-state index contributed by atoms with van der Waals surface area (Å²) in [6, 6.07) is 0. The number of hydrogen-bond donors (Lipinski definition) is 0. The van der Waals surface area contributed by atoms with Crippen molar-refractivity contribution >= 4 is 28.6 Å². The Morgan fingerprint density at radius 3 is 1.93 bits per heavy atom. The summed E-state index contributed by atoms with van der Waals surface area (Å²) >= 11 is 10.6. The van der Waals surface area contributed by atoms with E-state index in [1.165, 1.54) is 9.80 Å². The van der Waals surface area contributed by atoms with E-state index in [-0.39, 0.29) is 0 Å². The highest BCUT2D eigenvalue weighted by Gasteiger charge is 2.41. The van der Waals surface area contributed by atoms with Crippen molar-refractivity contribution in [3.05, 3.63) is 10.4 Å². The van der Waals surface area contributed by atoms with E-state index in [2.05, 4.69) is 10.0 Å². The van der Waals surface area contributed by atoms with E-state index in [0.717, 1.165) is 0 Å². The summed E-state index contributed by atoms with van der Waals surface area (Å²) in [6.07, 6.45) is -3.83. The molecule has 0 unspecified atom stereocenters. The van der Waals surface area contributed by atoms with Crippen molar-refractivity contribution in [1.82, 2.24) is 9.80 Å². The molecular weight excluding hydrogens is 264 g/mol. The van der Waals surface area contributed by atoms with Gasteiger partial charge in [0.05, 0.1) is 0 Å². The first kappa shape index (κ1) is 15.0. The van der Waals surface area contributed by atoms with Crippen LogP contribution in [0.2, 0.25) is 0 Å². The van der Waals surface area contributed by atoms with Gasteiger partial charge in [-0.1, -0.05) is 0 Å². The van der Waals surface area contributed by atoms with Gasteiger partial charge in [0.1, 0.15) is 0 Å². The van der Waals surface area contributed by atoms with Gasteiger partial charge in [0.25, 0.3) is 5.97 Å². The lowest BCUT2D eigenvalue weighted by molar-refractivity contribution is -0.149. The fourth-order valence-corrected chi connectivity index (χ4v) is 2.17. The predicted octanol–water partition coefficient (Wildman–Crippen LogP) is 2.63. The second-order valence-electron chi connectivity index (χ2n) is 3.06. The quantitative estimate of drug-likeness (QED) is 0.254. The molecule has 0 N–H and O–H groups in total. The summed E-state index contributed by atoms with van der Waals surface area (Å²) in [5, 5.41) is 3.41. The van der Waals surface area contributed by atoms with Crippen LogP contribution in [0.4, 0.5) is 0 Å². The number of rotatable bonds is 5. The first-order valence-electron chi connectivity index (χ1n) is 3.77. The van der Waals surface area contributed by atoms with Gasteiger partial charge >= 0.3 is 6.07 Å². The Kier molecular flexibility index (Phi) is 5.37. The summed E-state index contributed by atoms with van der Waals surface area (Å²) < 4.78 is 16.1. The molecule has 0 saturated carbocycles. The zero-order chi connectivity index (χ0) is 12.3. The highest BCUT2D eigenvalue weighted by Crippen LogP contribution is 2.60. The van der Waals surface area contributed by atoms with Crippen LogP contribution in [0.15, 0.2) is 5.11 Å². The molecule has 7 nitrogen and oxygen atoms in total. The Bertz CT molecular complexity index is 303. The van der Waals surface area contributed by atoms with Crippen LogP contribution < -0.4 is 0 Å². The highest BCUT2D eigenvalue weighted by molar-refractivity contribution is 8.05. The molecule has 0 aliphatic heterocycles. The molecule has 0 aromatic carbocycles. The second kappa shape index (κ2) is 5.37. The summed E-state index contributed by atoms with van der Waals surface area (Å²) in [5.41, 5.74) is 8.45. The number of nitrogens with zero attached hydrogens (tertiary/aromatic N) is 5. The van der Waals surface area contributed by atoms with Gasteiger partial charge in [0.2, 0.25) is 0 Å². The minimum Gasteiger partial charge on any atom is -0.264 e. The Morgan fingerprint density at radius 2 is 1.73 bits per heavy atom. The zero-order valence-corrected chi connectivity index (χ0v) is 11.2. The maximum atomic E-state index is 11.2. The van der Waals surface area contributed by atoms with Crippen molar-refractivity contribution in [1.29, 1.82) is 0 Å². The van der Waals surface area contributed by atoms with Gasteiger partial charge < -0.3 is 0 Å². The van der Waals surface area contributed by atoms with Crippen LogP contribution in [0, 0.1) is 0 Å². The fraction of sp³-hybridized carbons (Fsp3) is 1.00. The van der Waals surface area contributed by atoms with Crippen molar-refractivity contribution in [3.63, 3.8) is 0 Å². The molecule has 0 aromatic rings. The molecule has 0 bridgehead atoms. The molecule has 0 saturated heterocycles. The van der Waals surface area contributed by atoms with Gasteiger partial charge in [-0.05, 0) is 61.3 Å². The maximum Gasteiger partial charge on any atom is 0.383 e. The fourth-order valence-electron chi connectivity index (χ4n) is 0.961. The van der Waals surface area contributed by atoms with Crippen molar-refractivity contribution in [2.45, 2.75) is 5.97 Å². The van der Waals surface area contributed by atoms with Crippen LogP contribution in [-0.2, 0) is 9.09 Å². The van der Waals surface area contributed by atoms with Gasteiger partial charge in [-0.25, -0.2) is 0 Å². The van der Waals surface area contributed by atoms with Gasteiger partial charge in [-0.2, -0.15) is 0 Å². The van der Waals surface area contributed by atoms with Gasteiger partial charge in [-0.3, -0.25) is 18.9 Å². The standard InChI is InChI=1S/C5H12Cl2N5O2P/c1-11(2)5(9-10-8,12(3)4)14-15(6,7)13/h1-4H3. The zero-order valence-electron chi connectivity index (χ0n) is 8.76. The average Bonchev–Trinajstić information content (AvgIpc) is 1.99. The van der Waals surface area contributed by atoms with Crippen LogP contribution in [0.5, 0.6) is 0 Å². The first-order valence-corrected chi connectivity index (χ1v) is 7.20. The minimum absolute atomic E-state index is 1.39. The van der Waals surface area contributed by atoms with E-state index >= 15 is 0 Å². The number of azide groups is 1. The summed E-state index contributed by atoms with van der Waals surface area (Å²) in [7, 11) is 6.27. The molecule has 15 heavy (non-hydrogen) atoms. The molecule has 88 valence electrons. The molecule has 0 fully saturated rings. The third-order valence-corrected chi connectivity index (χ3v) is 2.44. The maximum absolute atomic E-state index is 11.2. The topological polar surface area (TPSA) is 81.5 Å². The second-order valence-corrected chi connectivity index (χ2v) is 7.26. The van der Waals surface area contributed by atoms with E-state index < -0.39 is 12.0 Å². The molecule has 0 radical (unpaired) electrons. The molecule has 0 spiro atoms. The predicted molar refractivity (Wildman–Crippen MR) is 59.6 cm³/mol. The van der Waals surface area contributed by atoms with Crippen molar-refractivity contribution in [2.75, 3.05) is 28.2 Å². The Morgan fingerprint density at radius 1 is 1.33 bits per heavy atom. The Balaban J connectivity index is 5.33. The number of hydrogen-bond acceptors (Lipinski definition) is 5. The van der Waals surface area contributed by atoms with Crippen LogP contribution >= 0.6 is 28.6 Å². The van der Waals surface area contributed by atoms with Crippen LogP contribution in [-0.4, -0.2) is 44.0 Å². The van der Waals surface area contributed by atoms with Crippen LogP contribution in [0.3, 0.4) is 0 Å². The van der Waals surface area contributed by atoms with Crippen molar-refractivity contribution in [3.8, 4) is 0 Å². The van der Waals surface area contributed by atoms with Crippen LogP contribution in [0.25, 0.3) is 10.4 Å². The van der Waals surface area contributed by atoms with Crippen molar-refractivity contribution in [2.24, 2.45) is 5.11 Å². The largest absolute Gasteiger partial charge is 0.383 e. The summed E-state index contributed by atoms with van der Waals surface area (Å²) in [6.45, 7) is 0. The van der Waals surface area contributed by atoms with E-state index in [1.807, 2.05) is 0 Å². The van der Waals surface area contributed by atoms with Crippen molar-refractivity contribution < 1.29 is 9.09 Å². The van der Waals surface area contributed by atoms with Gasteiger partial charge in [0.15, 0.2) is 0 Å². The normalized spacial score (nSPS) is 13.1. The third-order valence-electron chi connectivity index (χ3n) is 1.57. The average molecular weight is 276 g/mol. The molecule has 10 heteroatoms. The third kappa shape index (κ3) is 4.17. The molecule has 0 heterocycles. The summed E-state index contributed by atoms with van der Waals surface area (Å²) in [4.78, 5) is 5.40. The summed E-state index contributed by atoms with van der Waals surface area (Å²) in [5.74, 6) is -1.62. The molecule has 0 aliphatic carbocycles. The lowest BCUT2D eigenvalue weighted by Crippen LogP contribution is -2.54. The first-order chi connectivity index (χ1) is 6.65. The molecule has 0 aliphatic rings. The molecule has 0 aromatic heterocycles. The van der Waals surface area contributed by atoms with E-state index in [0.29, 0.717) is 0 Å². The molecule has 0 atom stereocenters. The monoisotopic (exact) mass is 275 g/mol. The highest BCUT2D eigenvalue weighted by atomic mass is 35.9. The Hall–Kier alpha value is -0.0000000000000000763. The molecule has 0 rings (SSSR count). The smallest absolute Gasteiger partial charge is 0.264 e. The minimum atomic E-state index is -3.83. The number of halogens is 2. The Labute approximate surface area is 97.5 Å². The SMILES string of the molecule is CN(C)C(N=[N+]=[N-])(OP(=O)(Cl)Cl)N(C)C. The van der Waals surface area contributed by atoms with Crippen LogP contribution in [0.1, 0.15) is 0 Å². The van der Waals surface area contributed by atoms with Gasteiger partial charge in [0, 0.05) is 4.91 Å². The van der Waals surface area contributed by atoms with E-state index in [1.54, 1.807) is 28.2 Å². The lowest BCUT2D eigenvalue weighted by atomic mass is 10.6. The van der Waals surface area contributed by atoms with E-state index in [9.17, 15) is 4.57 Å².